The fraction of sp³-hybridized carbons (Fsp3) is 0.429. The molecule has 2 heterocycles. The average Bonchev–Trinajstić information content (AvgIpc) is 2.95. The molecule has 0 bridgehead atoms. The third-order valence-electron chi connectivity index (χ3n) is 3.82. The smallest absolute Gasteiger partial charge is 0.337 e. The van der Waals surface area contributed by atoms with Gasteiger partial charge in [-0.3, -0.25) is 4.57 Å². The Labute approximate surface area is 115 Å². The lowest BCUT2D eigenvalue weighted by Crippen LogP contribution is -2.34. The highest BCUT2D eigenvalue weighted by Gasteiger charge is 2.32. The number of aromatic nitrogens is 2. The zero-order valence-corrected chi connectivity index (χ0v) is 11.2. The van der Waals surface area contributed by atoms with Crippen LogP contribution in [-0.4, -0.2) is 32.8 Å². The van der Waals surface area contributed by atoms with Crippen LogP contribution in [0.2, 0.25) is 0 Å². The molecule has 0 spiro atoms. The molecule has 6 nitrogen and oxygen atoms in total. The maximum atomic E-state index is 12.1. The number of hydrogen-bond donors (Lipinski definition) is 2. The highest BCUT2D eigenvalue weighted by Crippen LogP contribution is 2.28. The first-order valence-electron chi connectivity index (χ1n) is 6.59. The molecule has 1 unspecified atom stereocenters. The van der Waals surface area contributed by atoms with Gasteiger partial charge >= 0.3 is 11.7 Å². The standard InChI is InChI=1S/C14H16N2O4/c1-14(6-3-7-20-14)8-16-11-9(12(17)18)4-2-5-10(11)15-13(16)19/h2,4-5H,3,6-8H2,1H3,(H,15,19)(H,17,18). The molecule has 106 valence electrons. The highest BCUT2D eigenvalue weighted by atomic mass is 16.5. The van der Waals surface area contributed by atoms with Crippen molar-refractivity contribution in [1.29, 1.82) is 0 Å². The number of benzene rings is 1. The summed E-state index contributed by atoms with van der Waals surface area (Å²) in [7, 11) is 0. The van der Waals surface area contributed by atoms with Gasteiger partial charge in [-0.1, -0.05) is 6.07 Å². The lowest BCUT2D eigenvalue weighted by molar-refractivity contribution is 0.00636. The van der Waals surface area contributed by atoms with Gasteiger partial charge in [0.05, 0.1) is 28.7 Å². The van der Waals surface area contributed by atoms with Crippen molar-refractivity contribution in [1.82, 2.24) is 9.55 Å². The van der Waals surface area contributed by atoms with E-state index in [4.69, 9.17) is 4.74 Å². The van der Waals surface area contributed by atoms with Gasteiger partial charge in [0, 0.05) is 6.61 Å². The SMILES string of the molecule is CC1(Cn2c(=O)[nH]c3cccc(C(=O)O)c32)CCCO1. The Balaban J connectivity index is 2.17. The number of fused-ring (bicyclic) bond motifs is 1. The molecule has 6 heteroatoms. The number of aromatic carboxylic acids is 1. The number of imidazole rings is 1. The van der Waals surface area contributed by atoms with Crippen LogP contribution in [0.1, 0.15) is 30.1 Å². The summed E-state index contributed by atoms with van der Waals surface area (Å²) in [5, 5.41) is 9.28. The van der Waals surface area contributed by atoms with E-state index in [1.54, 1.807) is 12.1 Å². The van der Waals surface area contributed by atoms with Gasteiger partial charge in [0.15, 0.2) is 0 Å². The van der Waals surface area contributed by atoms with Crippen molar-refractivity contribution in [3.8, 4) is 0 Å². The predicted octanol–water partition coefficient (Wildman–Crippen LogP) is 1.60. The second-order valence-electron chi connectivity index (χ2n) is 5.43. The largest absolute Gasteiger partial charge is 0.478 e. The van der Waals surface area contributed by atoms with E-state index in [-0.39, 0.29) is 11.3 Å². The summed E-state index contributed by atoms with van der Waals surface area (Å²) in [4.78, 5) is 26.1. The summed E-state index contributed by atoms with van der Waals surface area (Å²) in [6.07, 6.45) is 1.82. The van der Waals surface area contributed by atoms with E-state index >= 15 is 0 Å². The molecule has 0 saturated carbocycles. The Hall–Kier alpha value is -2.08. The fourth-order valence-corrected chi connectivity index (χ4v) is 2.84. The van der Waals surface area contributed by atoms with E-state index in [1.165, 1.54) is 10.6 Å². The molecule has 2 N–H and O–H groups in total. The Morgan fingerprint density at radius 1 is 1.55 bits per heavy atom. The number of rotatable bonds is 3. The van der Waals surface area contributed by atoms with Crippen molar-refractivity contribution in [3.63, 3.8) is 0 Å². The average molecular weight is 276 g/mol. The minimum Gasteiger partial charge on any atom is -0.478 e. The first-order chi connectivity index (χ1) is 9.50. The van der Waals surface area contributed by atoms with E-state index in [9.17, 15) is 14.7 Å². The van der Waals surface area contributed by atoms with Crippen LogP contribution in [-0.2, 0) is 11.3 Å². The van der Waals surface area contributed by atoms with E-state index in [0.717, 1.165) is 12.8 Å². The normalized spacial score (nSPS) is 22.4. The van der Waals surface area contributed by atoms with E-state index in [0.29, 0.717) is 24.2 Å². The Morgan fingerprint density at radius 2 is 2.35 bits per heavy atom. The summed E-state index contributed by atoms with van der Waals surface area (Å²) in [6.45, 7) is 2.99. The van der Waals surface area contributed by atoms with Crippen LogP contribution in [0.5, 0.6) is 0 Å². The van der Waals surface area contributed by atoms with Gasteiger partial charge in [-0.25, -0.2) is 9.59 Å². The Kier molecular flexibility index (Phi) is 2.90. The molecule has 1 fully saturated rings. The van der Waals surface area contributed by atoms with Crippen molar-refractivity contribution in [2.24, 2.45) is 0 Å². The lowest BCUT2D eigenvalue weighted by Gasteiger charge is -2.23. The zero-order chi connectivity index (χ0) is 14.3. The van der Waals surface area contributed by atoms with Crippen molar-refractivity contribution >= 4 is 17.0 Å². The van der Waals surface area contributed by atoms with Gasteiger partial charge < -0.3 is 14.8 Å². The second kappa shape index (κ2) is 4.49. The molecule has 1 aromatic carbocycles. The molecule has 20 heavy (non-hydrogen) atoms. The van der Waals surface area contributed by atoms with Crippen LogP contribution < -0.4 is 5.69 Å². The van der Waals surface area contributed by atoms with Crippen LogP contribution in [0.15, 0.2) is 23.0 Å². The summed E-state index contributed by atoms with van der Waals surface area (Å²) in [6, 6.07) is 4.84. The third kappa shape index (κ3) is 2.02. The molecule has 1 saturated heterocycles. The van der Waals surface area contributed by atoms with Crippen LogP contribution in [0.3, 0.4) is 0 Å². The van der Waals surface area contributed by atoms with E-state index < -0.39 is 11.6 Å². The maximum absolute atomic E-state index is 12.1. The van der Waals surface area contributed by atoms with Crippen molar-refractivity contribution in [3.05, 3.63) is 34.2 Å². The van der Waals surface area contributed by atoms with Crippen LogP contribution in [0.4, 0.5) is 0 Å². The molecule has 2 aromatic rings. The number of H-pyrrole nitrogens is 1. The number of nitrogens with zero attached hydrogens (tertiary/aromatic N) is 1. The zero-order valence-electron chi connectivity index (χ0n) is 11.2. The number of hydrogen-bond acceptors (Lipinski definition) is 3. The summed E-state index contributed by atoms with van der Waals surface area (Å²) in [5.74, 6) is -1.04. The second-order valence-corrected chi connectivity index (χ2v) is 5.43. The lowest BCUT2D eigenvalue weighted by atomic mass is 10.0. The van der Waals surface area contributed by atoms with Gasteiger partial charge in [-0.05, 0) is 31.9 Å². The topological polar surface area (TPSA) is 84.3 Å². The number of para-hydroxylation sites is 1. The summed E-state index contributed by atoms with van der Waals surface area (Å²) < 4.78 is 7.17. The van der Waals surface area contributed by atoms with E-state index in [2.05, 4.69) is 4.98 Å². The molecule has 0 aliphatic carbocycles. The molecule has 1 aromatic heterocycles. The first kappa shape index (κ1) is 12.9. The molecular formula is C14H16N2O4. The number of aromatic amines is 1. The molecule has 0 radical (unpaired) electrons. The van der Waals surface area contributed by atoms with Crippen LogP contribution >= 0.6 is 0 Å². The van der Waals surface area contributed by atoms with E-state index in [1.807, 2.05) is 6.92 Å². The number of carboxylic acids is 1. The third-order valence-corrected chi connectivity index (χ3v) is 3.82. The summed E-state index contributed by atoms with van der Waals surface area (Å²) in [5.41, 5.74) is 0.385. The number of ether oxygens (including phenoxy) is 1. The predicted molar refractivity (Wildman–Crippen MR) is 73.1 cm³/mol. The minimum atomic E-state index is -1.04. The van der Waals surface area contributed by atoms with Crippen molar-refractivity contribution < 1.29 is 14.6 Å². The van der Waals surface area contributed by atoms with Crippen LogP contribution in [0, 0.1) is 0 Å². The first-order valence-corrected chi connectivity index (χ1v) is 6.59. The molecule has 0 amide bonds. The maximum Gasteiger partial charge on any atom is 0.337 e. The van der Waals surface area contributed by atoms with Crippen molar-refractivity contribution in [2.75, 3.05) is 6.61 Å². The molecule has 3 rings (SSSR count). The molecule has 1 atom stereocenters. The molecule has 1 aliphatic rings. The molecule has 1 aliphatic heterocycles. The Bertz CT molecular complexity index is 722. The van der Waals surface area contributed by atoms with Crippen LogP contribution in [0.25, 0.3) is 11.0 Å². The number of carboxylic acid groups (broad SMARTS) is 1. The van der Waals surface area contributed by atoms with Gasteiger partial charge in [0.2, 0.25) is 0 Å². The fourth-order valence-electron chi connectivity index (χ4n) is 2.84. The molecular weight excluding hydrogens is 260 g/mol. The minimum absolute atomic E-state index is 0.127. The van der Waals surface area contributed by atoms with Gasteiger partial charge in [0.25, 0.3) is 0 Å². The van der Waals surface area contributed by atoms with Gasteiger partial charge in [0.1, 0.15) is 0 Å². The number of nitrogens with one attached hydrogen (secondary N) is 1. The van der Waals surface area contributed by atoms with Gasteiger partial charge in [-0.2, -0.15) is 0 Å². The quantitative estimate of drug-likeness (QED) is 0.891. The van der Waals surface area contributed by atoms with Crippen molar-refractivity contribution in [2.45, 2.75) is 31.9 Å². The Morgan fingerprint density at radius 3 is 3.00 bits per heavy atom. The monoisotopic (exact) mass is 276 g/mol. The highest BCUT2D eigenvalue weighted by molar-refractivity contribution is 6.01. The number of carbonyl (C=O) groups is 1. The van der Waals surface area contributed by atoms with Gasteiger partial charge in [-0.15, -0.1) is 0 Å². The summed E-state index contributed by atoms with van der Waals surface area (Å²) >= 11 is 0.